The molecule has 5 heteroatoms. The maximum Gasteiger partial charge on any atom is 0.234 e. The van der Waals surface area contributed by atoms with Gasteiger partial charge >= 0.3 is 0 Å². The zero-order chi connectivity index (χ0) is 15.2. The molecule has 22 heavy (non-hydrogen) atoms. The van der Waals surface area contributed by atoms with E-state index in [0.29, 0.717) is 32.2 Å². The maximum absolute atomic E-state index is 12.1. The van der Waals surface area contributed by atoms with Gasteiger partial charge in [0.2, 0.25) is 5.91 Å². The molecule has 0 saturated carbocycles. The monoisotopic (exact) mass is 304 g/mol. The summed E-state index contributed by atoms with van der Waals surface area (Å²) in [6.45, 7) is 4.28. The van der Waals surface area contributed by atoms with Gasteiger partial charge in [0, 0.05) is 19.0 Å². The van der Waals surface area contributed by atoms with Crippen LogP contribution in [0.25, 0.3) is 0 Å². The third-order valence-corrected chi connectivity index (χ3v) is 4.27. The van der Waals surface area contributed by atoms with Gasteiger partial charge in [0.25, 0.3) is 0 Å². The molecule has 0 aromatic heterocycles. The highest BCUT2D eigenvalue weighted by Gasteiger charge is 2.31. The van der Waals surface area contributed by atoms with Crippen LogP contribution in [0.1, 0.15) is 18.4 Å². The number of rotatable bonds is 5. The van der Waals surface area contributed by atoms with E-state index in [9.17, 15) is 4.79 Å². The molecule has 0 aliphatic carbocycles. The normalized spacial score (nSPS) is 23.5. The van der Waals surface area contributed by atoms with Gasteiger partial charge < -0.3 is 14.8 Å². The van der Waals surface area contributed by atoms with Crippen molar-refractivity contribution >= 4 is 5.91 Å². The van der Waals surface area contributed by atoms with Crippen molar-refractivity contribution < 1.29 is 14.3 Å². The van der Waals surface area contributed by atoms with Crippen LogP contribution in [-0.4, -0.2) is 49.9 Å². The Morgan fingerprint density at radius 2 is 2.00 bits per heavy atom. The standard InChI is InChI=1S/C17H24N2O3/c20-16(18-11-14-5-2-1-3-6-14)13-19-8-4-7-15(12-19)17-21-9-10-22-17/h1-3,5-6,15,17H,4,7-13H2,(H,18,20)/t15-/m1/s1. The Labute approximate surface area is 131 Å². The fourth-order valence-electron chi connectivity index (χ4n) is 3.16. The molecule has 120 valence electrons. The number of nitrogens with one attached hydrogen (secondary N) is 1. The van der Waals surface area contributed by atoms with Crippen molar-refractivity contribution in [2.45, 2.75) is 25.7 Å². The Balaban J connectivity index is 1.42. The van der Waals surface area contributed by atoms with Crippen LogP contribution in [0.15, 0.2) is 30.3 Å². The highest BCUT2D eigenvalue weighted by molar-refractivity contribution is 5.78. The lowest BCUT2D eigenvalue weighted by Gasteiger charge is -2.34. The number of amides is 1. The second-order valence-corrected chi connectivity index (χ2v) is 6.01. The first-order chi connectivity index (χ1) is 10.8. The van der Waals surface area contributed by atoms with Gasteiger partial charge in [-0.1, -0.05) is 30.3 Å². The van der Waals surface area contributed by atoms with Gasteiger partial charge in [-0.3, -0.25) is 9.69 Å². The fraction of sp³-hybridized carbons (Fsp3) is 0.588. The van der Waals surface area contributed by atoms with Crippen LogP contribution in [0.2, 0.25) is 0 Å². The average molecular weight is 304 g/mol. The van der Waals surface area contributed by atoms with E-state index in [2.05, 4.69) is 10.2 Å². The quantitative estimate of drug-likeness (QED) is 0.893. The van der Waals surface area contributed by atoms with E-state index in [1.54, 1.807) is 0 Å². The summed E-state index contributed by atoms with van der Waals surface area (Å²) in [6, 6.07) is 9.99. The molecule has 1 atom stereocenters. The van der Waals surface area contributed by atoms with E-state index in [1.165, 1.54) is 0 Å². The highest BCUT2D eigenvalue weighted by Crippen LogP contribution is 2.24. The maximum atomic E-state index is 12.1. The van der Waals surface area contributed by atoms with E-state index < -0.39 is 0 Å². The molecule has 2 heterocycles. The van der Waals surface area contributed by atoms with Crippen molar-refractivity contribution in [2.24, 2.45) is 5.92 Å². The molecule has 5 nitrogen and oxygen atoms in total. The second kappa shape index (κ2) is 7.72. The molecular formula is C17H24N2O3. The number of hydrogen-bond donors (Lipinski definition) is 1. The fourth-order valence-corrected chi connectivity index (χ4v) is 3.16. The molecule has 3 rings (SSSR count). The molecular weight excluding hydrogens is 280 g/mol. The topological polar surface area (TPSA) is 50.8 Å². The predicted molar refractivity (Wildman–Crippen MR) is 83.1 cm³/mol. The van der Waals surface area contributed by atoms with Crippen molar-refractivity contribution in [3.8, 4) is 0 Å². The summed E-state index contributed by atoms with van der Waals surface area (Å²) in [5.74, 6) is 0.468. The number of carbonyl (C=O) groups is 1. The van der Waals surface area contributed by atoms with E-state index in [1.807, 2.05) is 30.3 Å². The van der Waals surface area contributed by atoms with Gasteiger partial charge in [0.1, 0.15) is 0 Å². The summed E-state index contributed by atoms with van der Waals surface area (Å²) in [4.78, 5) is 14.3. The molecule has 2 saturated heterocycles. The van der Waals surface area contributed by atoms with Gasteiger partial charge in [0.05, 0.1) is 19.8 Å². The Morgan fingerprint density at radius 1 is 1.23 bits per heavy atom. The van der Waals surface area contributed by atoms with Gasteiger partial charge in [-0.15, -0.1) is 0 Å². The van der Waals surface area contributed by atoms with Crippen LogP contribution in [-0.2, 0) is 20.8 Å². The molecule has 2 aliphatic rings. The molecule has 0 unspecified atom stereocenters. The van der Waals surface area contributed by atoms with E-state index >= 15 is 0 Å². The lowest BCUT2D eigenvalue weighted by atomic mass is 9.97. The van der Waals surface area contributed by atoms with Gasteiger partial charge in [-0.2, -0.15) is 0 Å². The summed E-state index contributed by atoms with van der Waals surface area (Å²) in [5, 5.41) is 2.99. The first-order valence-electron chi connectivity index (χ1n) is 8.07. The van der Waals surface area contributed by atoms with E-state index in [-0.39, 0.29) is 12.2 Å². The molecule has 1 aromatic carbocycles. The third kappa shape index (κ3) is 4.29. The van der Waals surface area contributed by atoms with Gasteiger partial charge in [0.15, 0.2) is 6.29 Å². The lowest BCUT2D eigenvalue weighted by Crippen LogP contribution is -2.45. The Kier molecular flexibility index (Phi) is 5.43. The number of likely N-dealkylation sites (tertiary alicyclic amines) is 1. The van der Waals surface area contributed by atoms with E-state index in [4.69, 9.17) is 9.47 Å². The first kappa shape index (κ1) is 15.5. The smallest absolute Gasteiger partial charge is 0.234 e. The lowest BCUT2D eigenvalue weighted by molar-refractivity contribution is -0.125. The zero-order valence-corrected chi connectivity index (χ0v) is 12.9. The molecule has 0 spiro atoms. The van der Waals surface area contributed by atoms with Crippen molar-refractivity contribution in [2.75, 3.05) is 32.8 Å². The van der Waals surface area contributed by atoms with Gasteiger partial charge in [-0.25, -0.2) is 0 Å². The highest BCUT2D eigenvalue weighted by atomic mass is 16.7. The van der Waals surface area contributed by atoms with Crippen LogP contribution < -0.4 is 5.32 Å². The average Bonchev–Trinajstić information content (AvgIpc) is 3.09. The molecule has 2 fully saturated rings. The van der Waals surface area contributed by atoms with Crippen LogP contribution in [0, 0.1) is 5.92 Å². The molecule has 1 N–H and O–H groups in total. The van der Waals surface area contributed by atoms with E-state index in [0.717, 1.165) is 31.5 Å². The second-order valence-electron chi connectivity index (χ2n) is 6.01. The van der Waals surface area contributed by atoms with Crippen LogP contribution >= 0.6 is 0 Å². The number of nitrogens with zero attached hydrogens (tertiary/aromatic N) is 1. The first-order valence-corrected chi connectivity index (χ1v) is 8.07. The van der Waals surface area contributed by atoms with Crippen molar-refractivity contribution in [1.29, 1.82) is 0 Å². The molecule has 0 bridgehead atoms. The largest absolute Gasteiger partial charge is 0.351 e. The molecule has 1 amide bonds. The number of hydrogen-bond acceptors (Lipinski definition) is 4. The number of carbonyl (C=O) groups excluding carboxylic acids is 1. The number of benzene rings is 1. The summed E-state index contributed by atoms with van der Waals surface area (Å²) in [5.41, 5.74) is 1.13. The molecule has 1 aromatic rings. The minimum Gasteiger partial charge on any atom is -0.351 e. The Bertz CT molecular complexity index is 474. The Hall–Kier alpha value is -1.43. The Morgan fingerprint density at radius 3 is 2.77 bits per heavy atom. The van der Waals surface area contributed by atoms with Crippen LogP contribution in [0.4, 0.5) is 0 Å². The zero-order valence-electron chi connectivity index (χ0n) is 12.9. The molecule has 2 aliphatic heterocycles. The minimum absolute atomic E-state index is 0.0739. The SMILES string of the molecule is O=C(CN1CCC[C@@H](C2OCCO2)C1)NCc1ccccc1. The number of ether oxygens (including phenoxy) is 2. The van der Waals surface area contributed by atoms with Crippen molar-refractivity contribution in [1.82, 2.24) is 10.2 Å². The summed E-state index contributed by atoms with van der Waals surface area (Å²) >= 11 is 0. The third-order valence-electron chi connectivity index (χ3n) is 4.27. The van der Waals surface area contributed by atoms with Crippen molar-refractivity contribution in [3.05, 3.63) is 35.9 Å². The van der Waals surface area contributed by atoms with Crippen LogP contribution in [0.3, 0.4) is 0 Å². The summed E-state index contributed by atoms with van der Waals surface area (Å²) in [6.07, 6.45) is 2.14. The molecule has 0 radical (unpaired) electrons. The van der Waals surface area contributed by atoms with Gasteiger partial charge in [-0.05, 0) is 24.9 Å². The number of piperidine rings is 1. The summed E-state index contributed by atoms with van der Waals surface area (Å²) in [7, 11) is 0. The predicted octanol–water partition coefficient (Wildman–Crippen LogP) is 1.39. The van der Waals surface area contributed by atoms with Crippen LogP contribution in [0.5, 0.6) is 0 Å². The summed E-state index contributed by atoms with van der Waals surface area (Å²) < 4.78 is 11.2. The minimum atomic E-state index is -0.0739. The van der Waals surface area contributed by atoms with Crippen molar-refractivity contribution in [3.63, 3.8) is 0 Å².